The summed E-state index contributed by atoms with van der Waals surface area (Å²) in [5.74, 6) is 1.31. The van der Waals surface area contributed by atoms with Crippen molar-refractivity contribution in [1.29, 1.82) is 0 Å². The lowest BCUT2D eigenvalue weighted by atomic mass is 10.3. The molecular weight excluding hydrogens is 296 g/mol. The number of aromatic nitrogens is 3. The van der Waals surface area contributed by atoms with E-state index in [1.165, 1.54) is 11.4 Å². The van der Waals surface area contributed by atoms with Crippen LogP contribution in [0.1, 0.15) is 12.3 Å². The van der Waals surface area contributed by atoms with Crippen molar-refractivity contribution < 1.29 is 17.7 Å². The fourth-order valence-electron chi connectivity index (χ4n) is 2.09. The second kappa shape index (κ2) is 5.41. The molecule has 0 saturated carbocycles. The molecule has 0 aliphatic carbocycles. The van der Waals surface area contributed by atoms with E-state index in [2.05, 4.69) is 15.1 Å². The largest absolute Gasteiger partial charge is 0.481 e. The van der Waals surface area contributed by atoms with Crippen LogP contribution in [0.4, 0.5) is 0 Å². The van der Waals surface area contributed by atoms with E-state index in [1.807, 2.05) is 0 Å². The summed E-state index contributed by atoms with van der Waals surface area (Å²) in [6.07, 6.45) is 2.20. The standard InChI is InChI=1S/C12H14N4O4S/c1-19-10-4-3-9(7-13-10)12-14-11(20-15-12)8-16-5-2-6-21(16,17)18/h3-4,7H,2,5-6,8H2,1H3. The third kappa shape index (κ3) is 2.88. The van der Waals surface area contributed by atoms with Crippen molar-refractivity contribution in [2.45, 2.75) is 13.0 Å². The van der Waals surface area contributed by atoms with Gasteiger partial charge in [0, 0.05) is 24.4 Å². The molecule has 1 fully saturated rings. The predicted molar refractivity (Wildman–Crippen MR) is 72.9 cm³/mol. The Morgan fingerprint density at radius 2 is 2.29 bits per heavy atom. The van der Waals surface area contributed by atoms with Gasteiger partial charge in [-0.1, -0.05) is 5.16 Å². The molecule has 0 radical (unpaired) electrons. The van der Waals surface area contributed by atoms with E-state index in [9.17, 15) is 8.42 Å². The molecule has 3 rings (SSSR count). The molecule has 2 aromatic rings. The lowest BCUT2D eigenvalue weighted by Crippen LogP contribution is -2.25. The Morgan fingerprint density at radius 1 is 1.43 bits per heavy atom. The number of methoxy groups -OCH3 is 1. The summed E-state index contributed by atoms with van der Waals surface area (Å²) in [6, 6.07) is 3.45. The maximum Gasteiger partial charge on any atom is 0.242 e. The van der Waals surface area contributed by atoms with Crippen molar-refractivity contribution in [2.24, 2.45) is 0 Å². The van der Waals surface area contributed by atoms with E-state index in [1.54, 1.807) is 18.3 Å². The molecule has 0 unspecified atom stereocenters. The van der Waals surface area contributed by atoms with Crippen LogP contribution in [0.2, 0.25) is 0 Å². The summed E-state index contributed by atoms with van der Waals surface area (Å²) < 4.78 is 34.9. The summed E-state index contributed by atoms with van der Waals surface area (Å²) in [6.45, 7) is 0.600. The average molecular weight is 310 g/mol. The second-order valence-electron chi connectivity index (χ2n) is 4.60. The Hall–Kier alpha value is -2.00. The normalized spacial score (nSPS) is 18.0. The Labute approximate surface area is 121 Å². The molecule has 0 aromatic carbocycles. The molecule has 1 aliphatic heterocycles. The average Bonchev–Trinajstić information content (AvgIpc) is 3.07. The first-order valence-corrected chi connectivity index (χ1v) is 8.00. The predicted octanol–water partition coefficient (Wildman–Crippen LogP) is 0.676. The van der Waals surface area contributed by atoms with Crippen molar-refractivity contribution in [3.63, 3.8) is 0 Å². The number of ether oxygens (including phenoxy) is 1. The number of hydrogen-bond acceptors (Lipinski definition) is 7. The van der Waals surface area contributed by atoms with Gasteiger partial charge in [-0.05, 0) is 12.5 Å². The summed E-state index contributed by atoms with van der Waals surface area (Å²) in [4.78, 5) is 8.26. The summed E-state index contributed by atoms with van der Waals surface area (Å²) in [7, 11) is -1.64. The van der Waals surface area contributed by atoms with Gasteiger partial charge in [-0.15, -0.1) is 0 Å². The molecule has 0 atom stereocenters. The third-order valence-electron chi connectivity index (χ3n) is 3.19. The topological polar surface area (TPSA) is 98.4 Å². The maximum atomic E-state index is 11.7. The SMILES string of the molecule is COc1ccc(-c2noc(CN3CCCS3(=O)=O)n2)cn1. The summed E-state index contributed by atoms with van der Waals surface area (Å²) in [5.41, 5.74) is 0.676. The van der Waals surface area contributed by atoms with Gasteiger partial charge >= 0.3 is 0 Å². The van der Waals surface area contributed by atoms with Gasteiger partial charge in [0.1, 0.15) is 0 Å². The molecule has 0 spiro atoms. The minimum Gasteiger partial charge on any atom is -0.481 e. The van der Waals surface area contributed by atoms with Crippen LogP contribution in [0, 0.1) is 0 Å². The zero-order chi connectivity index (χ0) is 14.9. The first-order chi connectivity index (χ1) is 10.1. The van der Waals surface area contributed by atoms with Gasteiger partial charge in [0.2, 0.25) is 27.6 Å². The van der Waals surface area contributed by atoms with Crippen molar-refractivity contribution in [2.75, 3.05) is 19.4 Å². The molecule has 8 nitrogen and oxygen atoms in total. The summed E-state index contributed by atoms with van der Waals surface area (Å²) in [5, 5.41) is 3.84. The van der Waals surface area contributed by atoms with Gasteiger partial charge < -0.3 is 9.26 Å². The second-order valence-corrected chi connectivity index (χ2v) is 6.69. The van der Waals surface area contributed by atoms with Gasteiger partial charge in [-0.25, -0.2) is 13.4 Å². The van der Waals surface area contributed by atoms with E-state index in [4.69, 9.17) is 9.26 Å². The number of hydrogen-bond donors (Lipinski definition) is 0. The molecule has 21 heavy (non-hydrogen) atoms. The van der Waals surface area contributed by atoms with Gasteiger partial charge in [-0.3, -0.25) is 0 Å². The van der Waals surface area contributed by atoms with Crippen LogP contribution in [-0.4, -0.2) is 47.3 Å². The van der Waals surface area contributed by atoms with Gasteiger partial charge in [-0.2, -0.15) is 9.29 Å². The molecule has 3 heterocycles. The lowest BCUT2D eigenvalue weighted by molar-refractivity contribution is 0.326. The molecule has 0 N–H and O–H groups in total. The molecule has 9 heteroatoms. The number of pyridine rings is 1. The Balaban J connectivity index is 1.76. The van der Waals surface area contributed by atoms with E-state index < -0.39 is 10.0 Å². The maximum absolute atomic E-state index is 11.7. The smallest absolute Gasteiger partial charge is 0.242 e. The lowest BCUT2D eigenvalue weighted by Gasteiger charge is -2.10. The van der Waals surface area contributed by atoms with Gasteiger partial charge in [0.15, 0.2) is 0 Å². The van der Waals surface area contributed by atoms with Gasteiger partial charge in [0.05, 0.1) is 19.4 Å². The van der Waals surface area contributed by atoms with Crippen molar-refractivity contribution >= 4 is 10.0 Å². The fourth-order valence-corrected chi connectivity index (χ4v) is 3.56. The van der Waals surface area contributed by atoms with Crippen LogP contribution in [0.15, 0.2) is 22.9 Å². The highest BCUT2D eigenvalue weighted by Gasteiger charge is 2.29. The van der Waals surface area contributed by atoms with Crippen LogP contribution in [0.5, 0.6) is 5.88 Å². The highest BCUT2D eigenvalue weighted by Crippen LogP contribution is 2.20. The molecule has 2 aromatic heterocycles. The minimum atomic E-state index is -3.17. The summed E-state index contributed by atoms with van der Waals surface area (Å²) >= 11 is 0. The van der Waals surface area contributed by atoms with E-state index in [0.29, 0.717) is 30.2 Å². The Bertz CT molecular complexity index is 726. The monoisotopic (exact) mass is 310 g/mol. The number of nitrogens with zero attached hydrogens (tertiary/aromatic N) is 4. The Kier molecular flexibility index (Phi) is 3.60. The number of sulfonamides is 1. The van der Waals surface area contributed by atoms with E-state index >= 15 is 0 Å². The van der Waals surface area contributed by atoms with E-state index in [-0.39, 0.29) is 18.2 Å². The van der Waals surface area contributed by atoms with Crippen LogP contribution >= 0.6 is 0 Å². The van der Waals surface area contributed by atoms with Crippen LogP contribution in [0.25, 0.3) is 11.4 Å². The zero-order valence-corrected chi connectivity index (χ0v) is 12.2. The third-order valence-corrected chi connectivity index (χ3v) is 5.09. The first-order valence-electron chi connectivity index (χ1n) is 6.39. The minimum absolute atomic E-state index is 0.110. The molecule has 112 valence electrons. The molecule has 0 bridgehead atoms. The van der Waals surface area contributed by atoms with Crippen molar-refractivity contribution in [3.05, 3.63) is 24.2 Å². The molecule has 0 amide bonds. The number of rotatable bonds is 4. The highest BCUT2D eigenvalue weighted by atomic mass is 32.2. The Morgan fingerprint density at radius 3 is 2.90 bits per heavy atom. The first kappa shape index (κ1) is 14.0. The zero-order valence-electron chi connectivity index (χ0n) is 11.4. The van der Waals surface area contributed by atoms with Crippen molar-refractivity contribution in [3.8, 4) is 17.3 Å². The van der Waals surface area contributed by atoms with Crippen LogP contribution in [-0.2, 0) is 16.6 Å². The van der Waals surface area contributed by atoms with E-state index in [0.717, 1.165) is 0 Å². The molecule has 1 aliphatic rings. The molecular formula is C12H14N4O4S. The highest BCUT2D eigenvalue weighted by molar-refractivity contribution is 7.89. The van der Waals surface area contributed by atoms with Crippen LogP contribution < -0.4 is 4.74 Å². The van der Waals surface area contributed by atoms with Crippen molar-refractivity contribution in [1.82, 2.24) is 19.4 Å². The fraction of sp³-hybridized carbons (Fsp3) is 0.417. The quantitative estimate of drug-likeness (QED) is 0.818. The van der Waals surface area contributed by atoms with Crippen LogP contribution in [0.3, 0.4) is 0 Å². The molecule has 1 saturated heterocycles. The van der Waals surface area contributed by atoms with Gasteiger partial charge in [0.25, 0.3) is 0 Å².